The van der Waals surface area contributed by atoms with Crippen LogP contribution in [0.1, 0.15) is 43.0 Å². The van der Waals surface area contributed by atoms with Crippen molar-refractivity contribution in [2.45, 2.75) is 38.2 Å². The molecule has 1 aliphatic carbocycles. The Hall–Kier alpha value is -1.74. The van der Waals surface area contributed by atoms with Gasteiger partial charge in [0, 0.05) is 30.5 Å². The first-order valence-corrected chi connectivity index (χ1v) is 7.59. The molecule has 0 amide bonds. The van der Waals surface area contributed by atoms with Gasteiger partial charge in [0.1, 0.15) is 5.60 Å². The lowest BCUT2D eigenvalue weighted by atomic mass is 9.74. The Morgan fingerprint density at radius 2 is 2.24 bits per heavy atom. The number of benzene rings is 1. The number of carbonyl (C=O) groups excluding carboxylic acids is 1. The fourth-order valence-corrected chi connectivity index (χ4v) is 3.55. The topological polar surface area (TPSA) is 39.2 Å². The SMILES string of the molecule is COC1(C(=O)c2cccc3cnccc23)CCCC(C)C1. The molecule has 0 bridgehead atoms. The molecule has 3 rings (SSSR count). The van der Waals surface area contributed by atoms with Crippen LogP contribution in [0.25, 0.3) is 10.8 Å². The van der Waals surface area contributed by atoms with Gasteiger partial charge in [0.05, 0.1) is 0 Å². The van der Waals surface area contributed by atoms with Gasteiger partial charge in [0.25, 0.3) is 0 Å². The summed E-state index contributed by atoms with van der Waals surface area (Å²) in [7, 11) is 1.67. The van der Waals surface area contributed by atoms with E-state index in [9.17, 15) is 4.79 Å². The number of ether oxygens (including phenoxy) is 1. The average molecular weight is 283 g/mol. The minimum Gasteiger partial charge on any atom is -0.370 e. The number of aromatic nitrogens is 1. The molecule has 1 aromatic heterocycles. The Morgan fingerprint density at radius 1 is 1.38 bits per heavy atom. The van der Waals surface area contributed by atoms with Gasteiger partial charge >= 0.3 is 0 Å². The number of hydrogen-bond donors (Lipinski definition) is 0. The van der Waals surface area contributed by atoms with E-state index in [2.05, 4.69) is 11.9 Å². The molecule has 0 aliphatic heterocycles. The fraction of sp³-hybridized carbons (Fsp3) is 0.444. The first kappa shape index (κ1) is 14.2. The number of hydrogen-bond acceptors (Lipinski definition) is 3. The summed E-state index contributed by atoms with van der Waals surface area (Å²) >= 11 is 0. The third kappa shape index (κ3) is 2.46. The zero-order valence-electron chi connectivity index (χ0n) is 12.6. The van der Waals surface area contributed by atoms with Gasteiger partial charge in [-0.3, -0.25) is 9.78 Å². The molecule has 21 heavy (non-hydrogen) atoms. The first-order valence-electron chi connectivity index (χ1n) is 7.59. The van der Waals surface area contributed by atoms with Crippen molar-refractivity contribution in [3.05, 3.63) is 42.2 Å². The lowest BCUT2D eigenvalue weighted by molar-refractivity contribution is -0.0301. The van der Waals surface area contributed by atoms with E-state index in [0.717, 1.165) is 35.6 Å². The van der Waals surface area contributed by atoms with Crippen LogP contribution in [0.4, 0.5) is 0 Å². The summed E-state index contributed by atoms with van der Waals surface area (Å²) in [6.45, 7) is 2.20. The Bertz CT molecular complexity index is 662. The van der Waals surface area contributed by atoms with Gasteiger partial charge in [-0.1, -0.05) is 31.5 Å². The van der Waals surface area contributed by atoms with Crippen molar-refractivity contribution in [3.8, 4) is 0 Å². The summed E-state index contributed by atoms with van der Waals surface area (Å²) in [4.78, 5) is 17.3. The first-order chi connectivity index (χ1) is 10.2. The maximum absolute atomic E-state index is 13.2. The van der Waals surface area contributed by atoms with Crippen LogP contribution in [0.15, 0.2) is 36.7 Å². The average Bonchev–Trinajstić information content (AvgIpc) is 2.53. The van der Waals surface area contributed by atoms with Crippen LogP contribution in [0.3, 0.4) is 0 Å². The number of nitrogens with zero attached hydrogens (tertiary/aromatic N) is 1. The smallest absolute Gasteiger partial charge is 0.195 e. The molecule has 3 nitrogen and oxygen atoms in total. The number of fused-ring (bicyclic) bond motifs is 1. The van der Waals surface area contributed by atoms with Crippen molar-refractivity contribution >= 4 is 16.6 Å². The van der Waals surface area contributed by atoms with Crippen molar-refractivity contribution in [2.24, 2.45) is 5.92 Å². The van der Waals surface area contributed by atoms with E-state index in [0.29, 0.717) is 5.92 Å². The minimum absolute atomic E-state index is 0.119. The minimum atomic E-state index is -0.658. The van der Waals surface area contributed by atoms with Crippen molar-refractivity contribution < 1.29 is 9.53 Å². The van der Waals surface area contributed by atoms with Gasteiger partial charge in [0.15, 0.2) is 5.78 Å². The third-order valence-corrected chi connectivity index (χ3v) is 4.69. The molecule has 1 aliphatic rings. The third-order valence-electron chi connectivity index (χ3n) is 4.69. The molecule has 1 fully saturated rings. The van der Waals surface area contributed by atoms with Crippen molar-refractivity contribution in [1.82, 2.24) is 4.98 Å². The standard InChI is InChI=1S/C18H21NO2/c1-13-5-4-9-18(11-13,21-2)17(20)16-7-3-6-14-12-19-10-8-15(14)16/h3,6-8,10,12-13H,4-5,9,11H2,1-2H3. The second-order valence-electron chi connectivity index (χ2n) is 6.13. The van der Waals surface area contributed by atoms with Crippen LogP contribution in [0.5, 0.6) is 0 Å². The molecular weight excluding hydrogens is 262 g/mol. The zero-order valence-corrected chi connectivity index (χ0v) is 12.6. The van der Waals surface area contributed by atoms with Crippen LogP contribution < -0.4 is 0 Å². The van der Waals surface area contributed by atoms with Gasteiger partial charge < -0.3 is 4.74 Å². The summed E-state index contributed by atoms with van der Waals surface area (Å²) in [5, 5.41) is 1.96. The Morgan fingerprint density at radius 3 is 3.00 bits per heavy atom. The second kappa shape index (κ2) is 5.57. The van der Waals surface area contributed by atoms with Crippen molar-refractivity contribution in [1.29, 1.82) is 0 Å². The number of rotatable bonds is 3. The van der Waals surface area contributed by atoms with E-state index in [1.165, 1.54) is 6.42 Å². The zero-order chi connectivity index (χ0) is 14.9. The molecule has 1 saturated carbocycles. The summed E-state index contributed by atoms with van der Waals surface area (Å²) in [6.07, 6.45) is 7.39. The Kier molecular flexibility index (Phi) is 3.77. The van der Waals surface area contributed by atoms with Gasteiger partial charge in [-0.25, -0.2) is 0 Å². The molecule has 110 valence electrons. The van der Waals surface area contributed by atoms with Gasteiger partial charge in [0.2, 0.25) is 0 Å². The van der Waals surface area contributed by atoms with Crippen LogP contribution >= 0.6 is 0 Å². The van der Waals surface area contributed by atoms with Crippen LogP contribution in [-0.2, 0) is 4.74 Å². The molecule has 2 atom stereocenters. The molecule has 0 spiro atoms. The Labute approximate surface area is 125 Å². The maximum atomic E-state index is 13.2. The highest BCUT2D eigenvalue weighted by Gasteiger charge is 2.42. The van der Waals surface area contributed by atoms with Gasteiger partial charge in [-0.2, -0.15) is 0 Å². The van der Waals surface area contributed by atoms with E-state index in [-0.39, 0.29) is 5.78 Å². The van der Waals surface area contributed by atoms with Crippen molar-refractivity contribution in [3.63, 3.8) is 0 Å². The monoisotopic (exact) mass is 283 g/mol. The molecule has 0 radical (unpaired) electrons. The molecule has 2 aromatic rings. The number of methoxy groups -OCH3 is 1. The quantitative estimate of drug-likeness (QED) is 0.799. The van der Waals surface area contributed by atoms with Gasteiger partial charge in [-0.15, -0.1) is 0 Å². The second-order valence-corrected chi connectivity index (χ2v) is 6.13. The largest absolute Gasteiger partial charge is 0.370 e. The summed E-state index contributed by atoms with van der Waals surface area (Å²) in [5.74, 6) is 0.646. The number of pyridine rings is 1. The molecule has 1 heterocycles. The Balaban J connectivity index is 2.07. The van der Waals surface area contributed by atoms with E-state index >= 15 is 0 Å². The predicted octanol–water partition coefficient (Wildman–Crippen LogP) is 4.01. The molecule has 0 saturated heterocycles. The fourth-order valence-electron chi connectivity index (χ4n) is 3.55. The van der Waals surface area contributed by atoms with Crippen LogP contribution in [0.2, 0.25) is 0 Å². The summed E-state index contributed by atoms with van der Waals surface area (Å²) < 4.78 is 5.75. The summed E-state index contributed by atoms with van der Waals surface area (Å²) in [6, 6.07) is 7.73. The highest BCUT2D eigenvalue weighted by Crippen LogP contribution is 2.38. The lowest BCUT2D eigenvalue weighted by Crippen LogP contribution is -2.44. The highest BCUT2D eigenvalue weighted by atomic mass is 16.5. The highest BCUT2D eigenvalue weighted by molar-refractivity contribution is 6.11. The van der Waals surface area contributed by atoms with Crippen molar-refractivity contribution in [2.75, 3.05) is 7.11 Å². The van der Waals surface area contributed by atoms with E-state index in [4.69, 9.17) is 4.74 Å². The molecular formula is C18H21NO2. The molecule has 1 aromatic carbocycles. The predicted molar refractivity (Wildman–Crippen MR) is 83.4 cm³/mol. The van der Waals surface area contributed by atoms with Crippen LogP contribution in [0, 0.1) is 5.92 Å². The van der Waals surface area contributed by atoms with E-state index < -0.39 is 5.60 Å². The number of carbonyl (C=O) groups is 1. The maximum Gasteiger partial charge on any atom is 0.195 e. The number of Topliss-reactive ketones (excluding diaryl/α,β-unsaturated/α-hetero) is 1. The molecule has 2 unspecified atom stereocenters. The normalized spacial score (nSPS) is 25.9. The van der Waals surface area contributed by atoms with Crippen LogP contribution in [-0.4, -0.2) is 23.5 Å². The lowest BCUT2D eigenvalue weighted by Gasteiger charge is -2.37. The van der Waals surface area contributed by atoms with E-state index in [1.807, 2.05) is 24.3 Å². The summed E-state index contributed by atoms with van der Waals surface area (Å²) in [5.41, 5.74) is 0.0979. The number of ketones is 1. The van der Waals surface area contributed by atoms with E-state index in [1.54, 1.807) is 19.5 Å². The molecule has 3 heteroatoms. The van der Waals surface area contributed by atoms with Gasteiger partial charge in [-0.05, 0) is 36.6 Å². The molecule has 0 N–H and O–H groups in total.